The summed E-state index contributed by atoms with van der Waals surface area (Å²) in [6, 6.07) is 18.9. The molecule has 2 aliphatic rings. The first-order chi connectivity index (χ1) is 18.0. The fourth-order valence-corrected chi connectivity index (χ4v) is 4.52. The van der Waals surface area contributed by atoms with Gasteiger partial charge in [-0.15, -0.1) is 0 Å². The minimum absolute atomic E-state index is 0.232. The fraction of sp³-hybridized carbons (Fsp3) is 0.241. The van der Waals surface area contributed by atoms with Crippen LogP contribution in [0.4, 0.5) is 15.8 Å². The van der Waals surface area contributed by atoms with Crippen LogP contribution in [0.1, 0.15) is 40.0 Å². The molecule has 3 aromatic carbocycles. The van der Waals surface area contributed by atoms with Crippen molar-refractivity contribution < 1.29 is 18.7 Å². The maximum absolute atomic E-state index is 13.2. The standard InChI is InChI=1S/C29H29FN4O3/c1-19(21-5-8-23(30)9-6-21)32-28(35)22-7-10-27-25(16-22)26(29(36)33-27)17-31-24-4-2-3-20(15-24)18-34-11-13-37-14-12-34/h2-10,15-17,19,31H,11-14,18H2,1H3,(H,32,35)(H,33,36)/t19-/m1/s1. The number of carbonyl (C=O) groups is 2. The Balaban J connectivity index is 1.29. The van der Waals surface area contributed by atoms with Gasteiger partial charge < -0.3 is 20.7 Å². The zero-order valence-electron chi connectivity index (χ0n) is 20.6. The van der Waals surface area contributed by atoms with E-state index < -0.39 is 0 Å². The molecule has 0 radical (unpaired) electrons. The van der Waals surface area contributed by atoms with Gasteiger partial charge in [-0.1, -0.05) is 24.3 Å². The molecular formula is C29H29FN4O3. The SMILES string of the molecule is C[C@@H](NC(=O)c1ccc2c(c1)C(=CNc1cccc(CN3CCOCC3)c1)C(=O)N2)c1ccc(F)cc1. The van der Waals surface area contributed by atoms with Crippen molar-refractivity contribution in [3.8, 4) is 0 Å². The number of nitrogens with zero attached hydrogens (tertiary/aromatic N) is 1. The first-order valence-corrected chi connectivity index (χ1v) is 12.3. The van der Waals surface area contributed by atoms with Crippen molar-refractivity contribution in [2.75, 3.05) is 36.9 Å². The second-order valence-corrected chi connectivity index (χ2v) is 9.25. The van der Waals surface area contributed by atoms with Crippen LogP contribution in [-0.4, -0.2) is 43.0 Å². The van der Waals surface area contributed by atoms with Gasteiger partial charge in [0, 0.05) is 48.3 Å². The Bertz CT molecular complexity index is 1330. The number of fused-ring (bicyclic) bond motifs is 1. The largest absolute Gasteiger partial charge is 0.379 e. The number of hydrogen-bond donors (Lipinski definition) is 3. The maximum Gasteiger partial charge on any atom is 0.257 e. The van der Waals surface area contributed by atoms with Crippen molar-refractivity contribution >= 4 is 28.8 Å². The molecule has 190 valence electrons. The average Bonchev–Trinajstić information content (AvgIpc) is 3.22. The number of nitrogens with one attached hydrogen (secondary N) is 3. The molecular weight excluding hydrogens is 471 g/mol. The molecule has 0 spiro atoms. The summed E-state index contributed by atoms with van der Waals surface area (Å²) >= 11 is 0. The van der Waals surface area contributed by atoms with E-state index in [1.165, 1.54) is 17.7 Å². The predicted octanol–water partition coefficient (Wildman–Crippen LogP) is 4.55. The second-order valence-electron chi connectivity index (χ2n) is 9.25. The van der Waals surface area contributed by atoms with Crippen LogP contribution < -0.4 is 16.0 Å². The second kappa shape index (κ2) is 10.9. The summed E-state index contributed by atoms with van der Waals surface area (Å²) in [6.07, 6.45) is 1.68. The van der Waals surface area contributed by atoms with Crippen molar-refractivity contribution in [2.24, 2.45) is 0 Å². The molecule has 0 unspecified atom stereocenters. The lowest BCUT2D eigenvalue weighted by Gasteiger charge is -2.26. The monoisotopic (exact) mass is 500 g/mol. The van der Waals surface area contributed by atoms with Gasteiger partial charge in [0.15, 0.2) is 0 Å². The lowest BCUT2D eigenvalue weighted by molar-refractivity contribution is -0.110. The van der Waals surface area contributed by atoms with Crippen molar-refractivity contribution in [1.82, 2.24) is 10.2 Å². The summed E-state index contributed by atoms with van der Waals surface area (Å²) < 4.78 is 18.6. The highest BCUT2D eigenvalue weighted by atomic mass is 19.1. The van der Waals surface area contributed by atoms with Crippen LogP contribution in [0.5, 0.6) is 0 Å². The van der Waals surface area contributed by atoms with Gasteiger partial charge >= 0.3 is 0 Å². The molecule has 0 saturated carbocycles. The number of morpholine rings is 1. The number of carbonyl (C=O) groups excluding carboxylic acids is 2. The minimum atomic E-state index is -0.324. The van der Waals surface area contributed by atoms with Gasteiger partial charge in [-0.05, 0) is 60.5 Å². The van der Waals surface area contributed by atoms with Gasteiger partial charge in [0.1, 0.15) is 5.82 Å². The summed E-state index contributed by atoms with van der Waals surface area (Å²) in [5.41, 5.74) is 5.05. The Kier molecular flexibility index (Phi) is 7.30. The third-order valence-electron chi connectivity index (χ3n) is 6.60. The topological polar surface area (TPSA) is 82.7 Å². The van der Waals surface area contributed by atoms with E-state index in [0.29, 0.717) is 22.4 Å². The van der Waals surface area contributed by atoms with E-state index in [-0.39, 0.29) is 23.7 Å². The molecule has 8 heteroatoms. The van der Waals surface area contributed by atoms with Crippen LogP contribution in [0.15, 0.2) is 72.9 Å². The van der Waals surface area contributed by atoms with Crippen molar-refractivity contribution in [3.63, 3.8) is 0 Å². The van der Waals surface area contributed by atoms with E-state index in [0.717, 1.165) is 44.1 Å². The summed E-state index contributed by atoms with van der Waals surface area (Å²) in [5, 5.41) is 9.03. The molecule has 0 bridgehead atoms. The quantitative estimate of drug-likeness (QED) is 0.415. The van der Waals surface area contributed by atoms with Gasteiger partial charge in [0.2, 0.25) is 0 Å². The third-order valence-corrected chi connectivity index (χ3v) is 6.60. The summed E-state index contributed by atoms with van der Waals surface area (Å²) in [5.74, 6) is -0.832. The van der Waals surface area contributed by atoms with E-state index in [4.69, 9.17) is 4.74 Å². The zero-order chi connectivity index (χ0) is 25.8. The Morgan fingerprint density at radius 2 is 1.89 bits per heavy atom. The molecule has 0 aliphatic carbocycles. The number of rotatable bonds is 7. The molecule has 2 amide bonds. The molecule has 0 aromatic heterocycles. The molecule has 2 heterocycles. The first-order valence-electron chi connectivity index (χ1n) is 12.3. The van der Waals surface area contributed by atoms with Crippen LogP contribution in [0.2, 0.25) is 0 Å². The average molecular weight is 501 g/mol. The molecule has 37 heavy (non-hydrogen) atoms. The van der Waals surface area contributed by atoms with E-state index in [9.17, 15) is 14.0 Å². The van der Waals surface area contributed by atoms with Gasteiger partial charge in [-0.25, -0.2) is 4.39 Å². The lowest BCUT2D eigenvalue weighted by atomic mass is 10.0. The molecule has 1 fully saturated rings. The highest BCUT2D eigenvalue weighted by molar-refractivity contribution is 6.32. The molecule has 1 saturated heterocycles. The minimum Gasteiger partial charge on any atom is -0.379 e. The van der Waals surface area contributed by atoms with Crippen molar-refractivity contribution in [2.45, 2.75) is 19.5 Å². The van der Waals surface area contributed by atoms with Crippen molar-refractivity contribution in [3.05, 3.63) is 101 Å². The molecule has 3 N–H and O–H groups in total. The number of benzene rings is 3. The summed E-state index contributed by atoms with van der Waals surface area (Å²) in [6.45, 7) is 6.02. The Morgan fingerprint density at radius 3 is 2.68 bits per heavy atom. The van der Waals surface area contributed by atoms with E-state index >= 15 is 0 Å². The first kappa shape index (κ1) is 24.7. The fourth-order valence-electron chi connectivity index (χ4n) is 4.52. The smallest absolute Gasteiger partial charge is 0.257 e. The molecule has 3 aromatic rings. The lowest BCUT2D eigenvalue weighted by Crippen LogP contribution is -2.35. The van der Waals surface area contributed by atoms with Gasteiger partial charge in [-0.2, -0.15) is 0 Å². The van der Waals surface area contributed by atoms with E-state index in [2.05, 4.69) is 33.0 Å². The Hall–Kier alpha value is -4.01. The Morgan fingerprint density at radius 1 is 1.11 bits per heavy atom. The zero-order valence-corrected chi connectivity index (χ0v) is 20.6. The molecule has 2 aliphatic heterocycles. The van der Waals surface area contributed by atoms with Gasteiger partial charge in [0.05, 0.1) is 24.8 Å². The number of anilines is 2. The summed E-state index contributed by atoms with van der Waals surface area (Å²) in [7, 11) is 0. The highest BCUT2D eigenvalue weighted by Gasteiger charge is 2.25. The highest BCUT2D eigenvalue weighted by Crippen LogP contribution is 2.33. The van der Waals surface area contributed by atoms with Crippen molar-refractivity contribution in [1.29, 1.82) is 0 Å². The number of halogens is 1. The summed E-state index contributed by atoms with van der Waals surface area (Å²) in [4.78, 5) is 28.0. The van der Waals surface area contributed by atoms with Crippen LogP contribution in [0.3, 0.4) is 0 Å². The predicted molar refractivity (Wildman–Crippen MR) is 141 cm³/mol. The Labute approximate surface area is 215 Å². The van der Waals surface area contributed by atoms with Crippen LogP contribution >= 0.6 is 0 Å². The van der Waals surface area contributed by atoms with Gasteiger partial charge in [-0.3, -0.25) is 14.5 Å². The molecule has 1 atom stereocenters. The van der Waals surface area contributed by atoms with E-state index in [1.807, 2.05) is 19.1 Å². The maximum atomic E-state index is 13.2. The van der Waals surface area contributed by atoms with Crippen LogP contribution in [-0.2, 0) is 16.1 Å². The number of hydrogen-bond acceptors (Lipinski definition) is 5. The molecule has 7 nitrogen and oxygen atoms in total. The van der Waals surface area contributed by atoms with E-state index in [1.54, 1.807) is 36.5 Å². The normalized spacial score (nSPS) is 17.2. The van der Waals surface area contributed by atoms with Crippen LogP contribution in [0, 0.1) is 5.82 Å². The number of amides is 2. The van der Waals surface area contributed by atoms with Crippen LogP contribution in [0.25, 0.3) is 5.57 Å². The third kappa shape index (κ3) is 5.87. The molecule has 5 rings (SSSR count). The van der Waals surface area contributed by atoms with Gasteiger partial charge in [0.25, 0.3) is 11.8 Å². The number of ether oxygens (including phenoxy) is 1.